The van der Waals surface area contributed by atoms with E-state index in [1.807, 2.05) is 50.2 Å². The van der Waals surface area contributed by atoms with Crippen LogP contribution in [0.3, 0.4) is 0 Å². The number of ether oxygens (including phenoxy) is 1. The fourth-order valence-electron chi connectivity index (χ4n) is 10.8. The molecule has 4 rings (SSSR count). The Bertz CT molecular complexity index is 2410. The van der Waals surface area contributed by atoms with Gasteiger partial charge >= 0.3 is 5.97 Å². The first-order chi connectivity index (χ1) is 36.4. The third-order valence-electron chi connectivity index (χ3n) is 15.3. The maximum Gasteiger partial charge on any atom is 0.332 e. The van der Waals surface area contributed by atoms with Gasteiger partial charge in [0.1, 0.15) is 42.3 Å². The molecule has 2 heterocycles. The van der Waals surface area contributed by atoms with E-state index < -0.39 is 137 Å². The van der Waals surface area contributed by atoms with Gasteiger partial charge in [-0.15, -0.1) is 0 Å². The lowest BCUT2D eigenvalue weighted by Gasteiger charge is -2.39. The van der Waals surface area contributed by atoms with Crippen molar-refractivity contribution in [2.75, 3.05) is 34.7 Å². The van der Waals surface area contributed by atoms with Gasteiger partial charge in [-0.1, -0.05) is 130 Å². The van der Waals surface area contributed by atoms with Gasteiger partial charge in [0.05, 0.1) is 5.60 Å². The Labute approximate surface area is 462 Å². The lowest BCUT2D eigenvalue weighted by Crippen LogP contribution is -2.63. The van der Waals surface area contributed by atoms with Gasteiger partial charge in [-0.3, -0.25) is 38.4 Å². The molecule has 2 fully saturated rings. The second-order valence-corrected chi connectivity index (χ2v) is 23.5. The topological polar surface area (TPSA) is 235 Å². The highest BCUT2D eigenvalue weighted by molar-refractivity contribution is 5.99. The van der Waals surface area contributed by atoms with E-state index in [1.54, 1.807) is 79.7 Å². The Hall–Kier alpha value is -6.37. The van der Waals surface area contributed by atoms with Crippen LogP contribution in [0.5, 0.6) is 0 Å². The van der Waals surface area contributed by atoms with E-state index in [4.69, 9.17) is 4.74 Å². The van der Waals surface area contributed by atoms with Crippen molar-refractivity contribution < 1.29 is 53.0 Å². The average molecular weight is 1090 g/mol. The summed E-state index contributed by atoms with van der Waals surface area (Å²) in [4.78, 5) is 140. The second kappa shape index (κ2) is 28.0. The van der Waals surface area contributed by atoms with Gasteiger partial charge in [0, 0.05) is 53.5 Å². The van der Waals surface area contributed by atoms with E-state index >= 15 is 9.59 Å². The van der Waals surface area contributed by atoms with Crippen LogP contribution in [0, 0.1) is 29.6 Å². The van der Waals surface area contributed by atoms with Crippen LogP contribution in [-0.2, 0) is 60.7 Å². The summed E-state index contributed by atoms with van der Waals surface area (Å²) in [7, 11) is 5.65. The Morgan fingerprint density at radius 1 is 0.590 bits per heavy atom. The number of fused-ring (bicyclic) bond motifs is 1. The van der Waals surface area contributed by atoms with Crippen molar-refractivity contribution in [3.8, 4) is 0 Å². The second-order valence-electron chi connectivity index (χ2n) is 23.5. The zero-order valence-electron chi connectivity index (χ0n) is 49.1. The number of esters is 1. The van der Waals surface area contributed by atoms with Crippen LogP contribution in [-0.4, -0.2) is 178 Å². The number of rotatable bonds is 12. The van der Waals surface area contributed by atoms with E-state index in [-0.39, 0.29) is 38.1 Å². The molecule has 432 valence electrons. The van der Waals surface area contributed by atoms with Gasteiger partial charge in [0.15, 0.2) is 12.1 Å². The highest BCUT2D eigenvalue weighted by atomic mass is 16.6. The van der Waals surface area contributed by atoms with Crippen molar-refractivity contribution in [2.45, 2.75) is 182 Å². The smallest absolute Gasteiger partial charge is 0.332 e. The van der Waals surface area contributed by atoms with Gasteiger partial charge in [0.25, 0.3) is 5.91 Å². The third kappa shape index (κ3) is 15.9. The molecule has 2 aromatic rings. The number of carbonyl (C=O) groups excluding carboxylic acids is 9. The summed E-state index contributed by atoms with van der Waals surface area (Å²) in [6.45, 7) is 20.4. The van der Waals surface area contributed by atoms with E-state index in [2.05, 4.69) is 16.0 Å². The van der Waals surface area contributed by atoms with Crippen LogP contribution in [0.15, 0.2) is 60.7 Å². The van der Waals surface area contributed by atoms with Crippen molar-refractivity contribution in [1.29, 1.82) is 0 Å². The average Bonchev–Trinajstić information content (AvgIpc) is 3.87. The molecule has 78 heavy (non-hydrogen) atoms. The number of hydrogen-bond acceptors (Lipinski definition) is 11. The first-order valence-corrected chi connectivity index (χ1v) is 27.7. The molecular weight excluding hydrogens is 997 g/mol. The molecule has 0 bridgehead atoms. The summed E-state index contributed by atoms with van der Waals surface area (Å²) in [6, 6.07) is 8.07. The van der Waals surface area contributed by atoms with Crippen LogP contribution in [0.1, 0.15) is 120 Å². The summed E-state index contributed by atoms with van der Waals surface area (Å²) in [5.74, 6) is -8.74. The highest BCUT2D eigenvalue weighted by Crippen LogP contribution is 2.27. The van der Waals surface area contributed by atoms with Gasteiger partial charge in [-0.25, -0.2) is 4.79 Å². The highest BCUT2D eigenvalue weighted by Gasteiger charge is 2.48. The predicted octanol–water partition coefficient (Wildman–Crippen LogP) is 3.98. The fraction of sp³-hybridized carbons (Fsp3) is 0.644. The number of cyclic esters (lactones) is 1. The molecule has 2 aliphatic heterocycles. The summed E-state index contributed by atoms with van der Waals surface area (Å²) in [6.07, 6.45) is -0.355. The molecule has 2 saturated heterocycles. The van der Waals surface area contributed by atoms with Gasteiger partial charge < -0.3 is 50.3 Å². The minimum absolute atomic E-state index is 0.00717. The molecule has 0 saturated carbocycles. The summed E-state index contributed by atoms with van der Waals surface area (Å²) in [5.41, 5.74) is -0.553. The molecule has 0 aromatic heterocycles. The number of nitrogens with one attached hydrogen (secondary N) is 3. The molecule has 8 amide bonds. The molecule has 0 spiro atoms. The molecule has 0 aliphatic carbocycles. The van der Waals surface area contributed by atoms with Crippen molar-refractivity contribution in [3.05, 3.63) is 71.8 Å². The fourth-order valence-corrected chi connectivity index (χ4v) is 10.8. The minimum Gasteiger partial charge on any atom is -0.450 e. The minimum atomic E-state index is -1.97. The predicted molar refractivity (Wildman–Crippen MR) is 297 cm³/mol. The number of nitrogens with zero attached hydrogens (tertiary/aromatic N) is 5. The normalized spacial score (nSPS) is 26.3. The monoisotopic (exact) mass is 1090 g/mol. The lowest BCUT2D eigenvalue weighted by atomic mass is 9.94. The standard InChI is InChI=1S/C59H90N8O11/c1-17-38(10)48-57(75)65(15)47(37(8)9)52(70)61-42(32-39-25-20-18-21-26-39)53(71)63(13)44(33-40-27-22-19-23-28-40)55(73)67-30-24-29-43(67)50(68)62-45(35(4)5)56(74)64(14)46(36(6)7)51(69)60-41(31-34(2)3)54(72)66(16)49(58(76)78-48)59(11,12)77/h18-23,25-28,34-38,41-49,77H,17,24,29-33H2,1-16H3,(H,60,69)(H,61,70)(H,62,68)/t38?,41-,42-,43-,44-,45-,46-,47-,48?,49+/m0/s1. The number of amides is 8. The molecule has 2 unspecified atom stereocenters. The van der Waals surface area contributed by atoms with Crippen molar-refractivity contribution in [2.24, 2.45) is 29.6 Å². The molecule has 0 radical (unpaired) electrons. The van der Waals surface area contributed by atoms with Gasteiger partial charge in [-0.2, -0.15) is 0 Å². The first-order valence-electron chi connectivity index (χ1n) is 27.7. The third-order valence-corrected chi connectivity index (χ3v) is 15.3. The number of carbonyl (C=O) groups is 9. The molecular formula is C59H90N8O11. The molecule has 19 heteroatoms. The van der Waals surface area contributed by atoms with Gasteiger partial charge in [-0.05, 0) is 74.3 Å². The Kier molecular flexibility index (Phi) is 23.0. The summed E-state index contributed by atoms with van der Waals surface area (Å²) in [5, 5.41) is 20.4. The summed E-state index contributed by atoms with van der Waals surface area (Å²) >= 11 is 0. The molecule has 4 N–H and O–H groups in total. The van der Waals surface area contributed by atoms with E-state index in [0.29, 0.717) is 18.4 Å². The van der Waals surface area contributed by atoms with Crippen LogP contribution in [0.25, 0.3) is 0 Å². The maximum atomic E-state index is 15.2. The number of likely N-dealkylation sites (N-methyl/N-ethyl adjacent to an activating group) is 4. The zero-order chi connectivity index (χ0) is 58.7. The Balaban J connectivity index is 1.96. The van der Waals surface area contributed by atoms with Crippen molar-refractivity contribution in [3.63, 3.8) is 0 Å². The van der Waals surface area contributed by atoms with Crippen LogP contribution in [0.4, 0.5) is 0 Å². The van der Waals surface area contributed by atoms with E-state index in [0.717, 1.165) is 10.5 Å². The number of hydrogen-bond donors (Lipinski definition) is 4. The number of aliphatic hydroxyl groups is 1. The molecule has 2 aromatic carbocycles. The molecule has 10 atom stereocenters. The van der Waals surface area contributed by atoms with Crippen LogP contribution >= 0.6 is 0 Å². The Morgan fingerprint density at radius 3 is 1.55 bits per heavy atom. The molecule has 19 nitrogen and oxygen atoms in total. The van der Waals surface area contributed by atoms with Crippen LogP contribution < -0.4 is 16.0 Å². The molecule has 2 aliphatic rings. The summed E-state index contributed by atoms with van der Waals surface area (Å²) < 4.78 is 6.08. The zero-order valence-corrected chi connectivity index (χ0v) is 49.1. The van der Waals surface area contributed by atoms with Crippen molar-refractivity contribution >= 4 is 53.2 Å². The van der Waals surface area contributed by atoms with Gasteiger partial charge in [0.2, 0.25) is 41.4 Å². The van der Waals surface area contributed by atoms with Crippen LogP contribution in [0.2, 0.25) is 0 Å². The van der Waals surface area contributed by atoms with E-state index in [1.165, 1.54) is 61.6 Å². The van der Waals surface area contributed by atoms with Crippen molar-refractivity contribution in [1.82, 2.24) is 40.4 Å². The first kappa shape index (κ1) is 64.2. The number of benzene rings is 2. The largest absolute Gasteiger partial charge is 0.450 e. The lowest BCUT2D eigenvalue weighted by molar-refractivity contribution is -0.177. The van der Waals surface area contributed by atoms with E-state index in [9.17, 15) is 38.7 Å². The maximum absolute atomic E-state index is 15.2. The Morgan fingerprint density at radius 2 is 1.08 bits per heavy atom. The SMILES string of the molecule is CCC(C)C1OC(=O)[C@H](C(C)(C)O)N(C)C(=O)[C@H](CC(C)C)NC(=O)[C@H](C(C)C)N(C)C(=O)[C@H](C(C)C)NC(=O)[C@@H]2CCCN2C(=O)[C@H](Cc2ccccc2)N(C)C(=O)[C@H](Cc2ccccc2)NC(=O)[C@H](C(C)C)N(C)C1=O. The quantitative estimate of drug-likeness (QED) is 0.222.